The zero-order valence-electron chi connectivity index (χ0n) is 22.0. The van der Waals surface area contributed by atoms with E-state index in [1.54, 1.807) is 30.3 Å². The van der Waals surface area contributed by atoms with Gasteiger partial charge in [0.1, 0.15) is 23.9 Å². The maximum Gasteiger partial charge on any atom is 0.326 e. The van der Waals surface area contributed by atoms with E-state index in [0.717, 1.165) is 5.56 Å². The molecule has 14 heteroatoms. The van der Waals surface area contributed by atoms with Gasteiger partial charge in [-0.25, -0.2) is 4.79 Å². The summed E-state index contributed by atoms with van der Waals surface area (Å²) in [5.74, 6) is -6.57. The standard InChI is InChI=1S/C27H33N5O9/c28-18(12-15-4-2-1-3-5-15)24(37)31-20(13-16-6-8-17(33)9-7-16)25(38)32-21(14-23(35)36)26(39)30-19(27(40)41)10-11-22(29)34/h1-9,18-21,33H,10-14,28H2,(H2,29,34)(H,30,39)(H,31,37)(H,32,38)(H,35,36)(H,40,41). The summed E-state index contributed by atoms with van der Waals surface area (Å²) in [4.78, 5) is 73.0. The summed E-state index contributed by atoms with van der Waals surface area (Å²) < 4.78 is 0. The fourth-order valence-corrected chi connectivity index (χ4v) is 3.79. The fourth-order valence-electron chi connectivity index (χ4n) is 3.79. The van der Waals surface area contributed by atoms with E-state index >= 15 is 0 Å². The number of nitrogens with two attached hydrogens (primary N) is 2. The third-order valence-corrected chi connectivity index (χ3v) is 5.95. The van der Waals surface area contributed by atoms with E-state index in [1.165, 1.54) is 24.3 Å². The molecule has 0 bridgehead atoms. The minimum atomic E-state index is -1.73. The van der Waals surface area contributed by atoms with Gasteiger partial charge in [-0.15, -0.1) is 0 Å². The number of hydrogen-bond acceptors (Lipinski definition) is 8. The van der Waals surface area contributed by atoms with E-state index in [1.807, 2.05) is 0 Å². The first-order valence-corrected chi connectivity index (χ1v) is 12.6. The van der Waals surface area contributed by atoms with Gasteiger partial charge < -0.3 is 42.7 Å². The summed E-state index contributed by atoms with van der Waals surface area (Å²) in [6.07, 6.45) is -1.59. The van der Waals surface area contributed by atoms with Gasteiger partial charge in [0.05, 0.1) is 12.5 Å². The maximum atomic E-state index is 13.3. The SMILES string of the molecule is NC(=O)CCC(NC(=O)C(CC(=O)O)NC(=O)C(Cc1ccc(O)cc1)NC(=O)C(N)Cc1ccccc1)C(=O)O. The van der Waals surface area contributed by atoms with Crippen LogP contribution in [0.4, 0.5) is 0 Å². The van der Waals surface area contributed by atoms with E-state index in [4.69, 9.17) is 11.5 Å². The Kier molecular flexibility index (Phi) is 12.2. The first kappa shape index (κ1) is 32.2. The van der Waals surface area contributed by atoms with Crippen LogP contribution in [0.1, 0.15) is 30.4 Å². The van der Waals surface area contributed by atoms with Crippen molar-refractivity contribution in [2.24, 2.45) is 11.5 Å². The van der Waals surface area contributed by atoms with Gasteiger partial charge in [0.15, 0.2) is 0 Å². The smallest absolute Gasteiger partial charge is 0.326 e. The van der Waals surface area contributed by atoms with Gasteiger partial charge in [-0.05, 0) is 36.1 Å². The highest BCUT2D eigenvalue weighted by Gasteiger charge is 2.32. The van der Waals surface area contributed by atoms with Gasteiger partial charge in [0.25, 0.3) is 0 Å². The molecule has 4 amide bonds. The van der Waals surface area contributed by atoms with Crippen molar-refractivity contribution in [3.05, 3.63) is 65.7 Å². The number of phenols is 1. The number of phenolic OH excluding ortho intramolecular Hbond substituents is 1. The average molecular weight is 572 g/mol. The molecule has 0 heterocycles. The van der Waals surface area contributed by atoms with Gasteiger partial charge in [-0.3, -0.25) is 24.0 Å². The lowest BCUT2D eigenvalue weighted by molar-refractivity contribution is -0.143. The monoisotopic (exact) mass is 571 g/mol. The molecule has 4 atom stereocenters. The number of carbonyl (C=O) groups is 6. The molecule has 14 nitrogen and oxygen atoms in total. The van der Waals surface area contributed by atoms with Crippen LogP contribution in [0.15, 0.2) is 54.6 Å². The van der Waals surface area contributed by atoms with Crippen LogP contribution in [0.25, 0.3) is 0 Å². The molecule has 0 saturated carbocycles. The zero-order valence-corrected chi connectivity index (χ0v) is 22.0. The van der Waals surface area contributed by atoms with Crippen molar-refractivity contribution >= 4 is 35.6 Å². The third kappa shape index (κ3) is 11.3. The Morgan fingerprint density at radius 1 is 0.707 bits per heavy atom. The number of carboxylic acids is 2. The fraction of sp³-hybridized carbons (Fsp3) is 0.333. The van der Waals surface area contributed by atoms with Crippen LogP contribution >= 0.6 is 0 Å². The quantitative estimate of drug-likeness (QED) is 0.119. The summed E-state index contributed by atoms with van der Waals surface area (Å²) in [6, 6.07) is 8.95. The molecule has 220 valence electrons. The first-order valence-electron chi connectivity index (χ1n) is 12.6. The largest absolute Gasteiger partial charge is 0.508 e. The second-order valence-corrected chi connectivity index (χ2v) is 9.29. The zero-order chi connectivity index (χ0) is 30.5. The third-order valence-electron chi connectivity index (χ3n) is 5.95. The molecule has 10 N–H and O–H groups in total. The molecule has 0 saturated heterocycles. The van der Waals surface area contributed by atoms with Crippen LogP contribution in [-0.4, -0.2) is 75.1 Å². The highest BCUT2D eigenvalue weighted by atomic mass is 16.4. The summed E-state index contributed by atoms with van der Waals surface area (Å²) in [5, 5.41) is 35.1. The van der Waals surface area contributed by atoms with Crippen LogP contribution in [0.2, 0.25) is 0 Å². The Labute approximate surface area is 235 Å². The molecule has 2 aromatic rings. The van der Waals surface area contributed by atoms with Crippen molar-refractivity contribution in [1.82, 2.24) is 16.0 Å². The number of hydrogen-bond donors (Lipinski definition) is 8. The van der Waals surface area contributed by atoms with E-state index in [-0.39, 0.29) is 31.4 Å². The highest BCUT2D eigenvalue weighted by molar-refractivity contribution is 5.95. The van der Waals surface area contributed by atoms with Crippen molar-refractivity contribution in [3.8, 4) is 5.75 Å². The van der Waals surface area contributed by atoms with E-state index in [0.29, 0.717) is 5.56 Å². The molecule has 0 aliphatic carbocycles. The van der Waals surface area contributed by atoms with Crippen molar-refractivity contribution in [2.75, 3.05) is 0 Å². The molecule has 0 aliphatic heterocycles. The number of aliphatic carboxylic acids is 2. The van der Waals surface area contributed by atoms with Crippen LogP contribution < -0.4 is 27.4 Å². The Morgan fingerprint density at radius 3 is 1.80 bits per heavy atom. The van der Waals surface area contributed by atoms with Gasteiger partial charge in [0, 0.05) is 12.8 Å². The van der Waals surface area contributed by atoms with Gasteiger partial charge in [0.2, 0.25) is 23.6 Å². The van der Waals surface area contributed by atoms with Crippen LogP contribution in [0, 0.1) is 0 Å². The van der Waals surface area contributed by atoms with E-state index in [9.17, 15) is 44.1 Å². The molecule has 41 heavy (non-hydrogen) atoms. The Bertz CT molecular complexity index is 1240. The molecule has 0 radical (unpaired) electrons. The molecule has 0 fully saturated rings. The molecular formula is C27H33N5O9. The predicted molar refractivity (Wildman–Crippen MR) is 144 cm³/mol. The Balaban J connectivity index is 2.23. The van der Waals surface area contributed by atoms with E-state index in [2.05, 4.69) is 16.0 Å². The Morgan fingerprint density at radius 2 is 1.24 bits per heavy atom. The first-order chi connectivity index (χ1) is 19.3. The Hall–Kier alpha value is -4.98. The average Bonchev–Trinajstić information content (AvgIpc) is 2.91. The van der Waals surface area contributed by atoms with Gasteiger partial charge in [-0.2, -0.15) is 0 Å². The van der Waals surface area contributed by atoms with E-state index < -0.39 is 66.2 Å². The number of amides is 4. The van der Waals surface area contributed by atoms with Crippen LogP contribution in [0.3, 0.4) is 0 Å². The number of benzene rings is 2. The van der Waals surface area contributed by atoms with Crippen LogP contribution in [0.5, 0.6) is 5.75 Å². The van der Waals surface area contributed by atoms with Crippen molar-refractivity contribution < 1.29 is 44.1 Å². The molecule has 2 rings (SSSR count). The number of carbonyl (C=O) groups excluding carboxylic acids is 4. The number of nitrogens with one attached hydrogen (secondary N) is 3. The van der Waals surface area contributed by atoms with Gasteiger partial charge >= 0.3 is 11.9 Å². The topological polar surface area (TPSA) is 251 Å². The van der Waals surface area contributed by atoms with Crippen molar-refractivity contribution in [2.45, 2.75) is 56.3 Å². The van der Waals surface area contributed by atoms with Crippen molar-refractivity contribution in [3.63, 3.8) is 0 Å². The number of primary amides is 1. The van der Waals surface area contributed by atoms with Crippen LogP contribution in [-0.2, 0) is 41.6 Å². The summed E-state index contributed by atoms with van der Waals surface area (Å²) in [7, 11) is 0. The molecule has 4 unspecified atom stereocenters. The number of aromatic hydroxyl groups is 1. The molecule has 0 spiro atoms. The lowest BCUT2D eigenvalue weighted by Crippen LogP contribution is -2.58. The second kappa shape index (κ2) is 15.6. The minimum Gasteiger partial charge on any atom is -0.508 e. The molecule has 2 aromatic carbocycles. The molecule has 0 aliphatic rings. The van der Waals surface area contributed by atoms with Crippen molar-refractivity contribution in [1.29, 1.82) is 0 Å². The molecular weight excluding hydrogens is 538 g/mol. The summed E-state index contributed by atoms with van der Waals surface area (Å²) >= 11 is 0. The molecule has 0 aromatic heterocycles. The maximum absolute atomic E-state index is 13.3. The highest BCUT2D eigenvalue weighted by Crippen LogP contribution is 2.12. The predicted octanol–water partition coefficient (Wildman–Crippen LogP) is -1.22. The lowest BCUT2D eigenvalue weighted by atomic mass is 10.0. The minimum absolute atomic E-state index is 0.0359. The number of carboxylic acid groups (broad SMARTS) is 2. The summed E-state index contributed by atoms with van der Waals surface area (Å²) in [5.41, 5.74) is 12.4. The normalized spacial score (nSPS) is 13.6. The van der Waals surface area contributed by atoms with Gasteiger partial charge in [-0.1, -0.05) is 42.5 Å². The summed E-state index contributed by atoms with van der Waals surface area (Å²) in [6.45, 7) is 0. The second-order valence-electron chi connectivity index (χ2n) is 9.29. The number of rotatable bonds is 16. The lowest BCUT2D eigenvalue weighted by Gasteiger charge is -2.25.